The number of benzene rings is 1. The Morgan fingerprint density at radius 2 is 1.72 bits per heavy atom. The van der Waals surface area contributed by atoms with E-state index in [1.807, 2.05) is 0 Å². The van der Waals surface area contributed by atoms with Gasteiger partial charge >= 0.3 is 0 Å². The Bertz CT molecular complexity index is 879. The van der Waals surface area contributed by atoms with Gasteiger partial charge in [-0.05, 0) is 24.3 Å². The van der Waals surface area contributed by atoms with E-state index in [4.69, 9.17) is 4.74 Å². The number of methoxy groups -OCH3 is 1. The van der Waals surface area contributed by atoms with Crippen molar-refractivity contribution in [3.63, 3.8) is 0 Å². The Kier molecular flexibility index (Phi) is 4.54. The molecule has 2 fully saturated rings. The first kappa shape index (κ1) is 18.2. The molecule has 1 aromatic rings. The van der Waals surface area contributed by atoms with Gasteiger partial charge in [-0.15, -0.1) is 0 Å². The lowest BCUT2D eigenvalue weighted by molar-refractivity contribution is 0.0516. The van der Waals surface area contributed by atoms with Gasteiger partial charge in [-0.25, -0.2) is 16.8 Å². The zero-order valence-corrected chi connectivity index (χ0v) is 15.6. The number of hydrogen-bond acceptors (Lipinski definition) is 6. The first-order chi connectivity index (χ1) is 11.6. The van der Waals surface area contributed by atoms with Crippen LogP contribution in [0.2, 0.25) is 0 Å². The summed E-state index contributed by atoms with van der Waals surface area (Å²) in [5, 5.41) is 0. The summed E-state index contributed by atoms with van der Waals surface area (Å²) in [6.07, 6.45) is 1.07. The minimum Gasteiger partial charge on any atom is -0.497 e. The third-order valence-electron chi connectivity index (χ3n) is 4.65. The maximum atomic E-state index is 12.8. The summed E-state index contributed by atoms with van der Waals surface area (Å²) in [6, 6.07) is 5.15. The fourth-order valence-electron chi connectivity index (χ4n) is 3.48. The number of nitrogens with zero attached hydrogens (tertiary/aromatic N) is 2. The van der Waals surface area contributed by atoms with Gasteiger partial charge in [0, 0.05) is 18.7 Å². The largest absolute Gasteiger partial charge is 0.497 e. The van der Waals surface area contributed by atoms with Crippen LogP contribution < -0.4 is 4.74 Å². The second-order valence-electron chi connectivity index (χ2n) is 6.31. The number of rotatable bonds is 3. The first-order valence-corrected chi connectivity index (χ1v) is 11.4. The van der Waals surface area contributed by atoms with Crippen molar-refractivity contribution in [2.45, 2.75) is 12.1 Å². The van der Waals surface area contributed by atoms with Crippen LogP contribution >= 0.6 is 0 Å². The first-order valence-electron chi connectivity index (χ1n) is 7.74. The van der Waals surface area contributed by atoms with Gasteiger partial charge < -0.3 is 9.64 Å². The zero-order chi connectivity index (χ0) is 18.4. The highest BCUT2D eigenvalue weighted by atomic mass is 32.2. The van der Waals surface area contributed by atoms with Crippen LogP contribution in [0.1, 0.15) is 10.4 Å². The second-order valence-corrected chi connectivity index (χ2v) is 10.4. The molecule has 0 saturated carbocycles. The summed E-state index contributed by atoms with van der Waals surface area (Å²) in [5.74, 6) is -0.162. The number of fused-ring (bicyclic) bond motifs is 1. The van der Waals surface area contributed by atoms with Gasteiger partial charge in [0.05, 0.1) is 37.0 Å². The van der Waals surface area contributed by atoms with Crippen molar-refractivity contribution in [3.05, 3.63) is 29.8 Å². The molecule has 2 aliphatic heterocycles. The highest BCUT2D eigenvalue weighted by Gasteiger charge is 2.50. The molecule has 0 radical (unpaired) electrons. The number of sulfonamides is 1. The van der Waals surface area contributed by atoms with E-state index in [0.29, 0.717) is 11.3 Å². The smallest absolute Gasteiger partial charge is 0.254 e. The molecule has 0 unspecified atom stereocenters. The topological polar surface area (TPSA) is 101 Å². The summed E-state index contributed by atoms with van der Waals surface area (Å²) in [6.45, 7) is 0.256. The van der Waals surface area contributed by atoms with Crippen molar-refractivity contribution in [3.8, 4) is 5.75 Å². The Morgan fingerprint density at radius 3 is 2.28 bits per heavy atom. The number of hydrogen-bond donors (Lipinski definition) is 0. The van der Waals surface area contributed by atoms with Gasteiger partial charge in [-0.1, -0.05) is 0 Å². The normalized spacial score (nSPS) is 26.2. The Morgan fingerprint density at radius 1 is 1.12 bits per heavy atom. The minimum absolute atomic E-state index is 0.0947. The average molecular weight is 388 g/mol. The predicted octanol–water partition coefficient (Wildman–Crippen LogP) is -0.422. The van der Waals surface area contributed by atoms with E-state index < -0.39 is 31.9 Å². The quantitative estimate of drug-likeness (QED) is 0.697. The summed E-state index contributed by atoms with van der Waals surface area (Å²) in [4.78, 5) is 14.3. The molecule has 138 valence electrons. The van der Waals surface area contributed by atoms with E-state index in [9.17, 15) is 21.6 Å². The molecule has 0 spiro atoms. The number of sulfone groups is 1. The van der Waals surface area contributed by atoms with Gasteiger partial charge in [0.15, 0.2) is 9.84 Å². The maximum Gasteiger partial charge on any atom is 0.254 e. The van der Waals surface area contributed by atoms with Crippen molar-refractivity contribution >= 4 is 25.8 Å². The van der Waals surface area contributed by atoms with Crippen LogP contribution in [0.15, 0.2) is 24.3 Å². The Hall–Kier alpha value is -1.65. The summed E-state index contributed by atoms with van der Waals surface area (Å²) >= 11 is 0. The number of amides is 1. The van der Waals surface area contributed by atoms with E-state index in [1.54, 1.807) is 24.3 Å². The van der Waals surface area contributed by atoms with Crippen LogP contribution in [0.4, 0.5) is 0 Å². The molecule has 10 heteroatoms. The molecule has 8 nitrogen and oxygen atoms in total. The van der Waals surface area contributed by atoms with Crippen molar-refractivity contribution in [1.82, 2.24) is 9.21 Å². The fourth-order valence-corrected chi connectivity index (χ4v) is 6.68. The van der Waals surface area contributed by atoms with Crippen molar-refractivity contribution in [2.75, 3.05) is 38.0 Å². The van der Waals surface area contributed by atoms with E-state index in [1.165, 1.54) is 16.3 Å². The average Bonchev–Trinajstić information content (AvgIpc) is 2.86. The van der Waals surface area contributed by atoms with Gasteiger partial charge in [-0.3, -0.25) is 4.79 Å². The van der Waals surface area contributed by atoms with Gasteiger partial charge in [0.1, 0.15) is 5.75 Å². The van der Waals surface area contributed by atoms with E-state index in [-0.39, 0.29) is 30.5 Å². The fraction of sp³-hybridized carbons (Fsp3) is 0.533. The highest BCUT2D eigenvalue weighted by Crippen LogP contribution is 2.29. The standard InChI is InChI=1S/C15H20N2O6S2/c1-23-12-5-3-11(4-6-12)15(18)16-7-8-17(24(2,19)20)14-10-25(21,22)9-13(14)16/h3-6,13-14H,7-10H2,1-2H3/t13-,14+/m1/s1. The monoisotopic (exact) mass is 388 g/mol. The summed E-state index contributed by atoms with van der Waals surface area (Å²) < 4.78 is 54.4. The van der Waals surface area contributed by atoms with Crippen molar-refractivity contribution in [1.29, 1.82) is 0 Å². The number of ether oxygens (including phenoxy) is 1. The molecule has 0 aromatic heterocycles. The summed E-state index contributed by atoms with van der Waals surface area (Å²) in [7, 11) is -5.42. The molecule has 3 rings (SSSR count). The maximum absolute atomic E-state index is 12.8. The SMILES string of the molecule is COc1ccc(C(=O)N2CCN(S(C)(=O)=O)[C@H]3CS(=O)(=O)C[C@H]32)cc1. The van der Waals surface area contributed by atoms with Crippen LogP contribution in [-0.2, 0) is 19.9 Å². The molecule has 1 aromatic carbocycles. The third kappa shape index (κ3) is 3.51. The number of carbonyl (C=O) groups is 1. The van der Waals surface area contributed by atoms with E-state index >= 15 is 0 Å². The molecular weight excluding hydrogens is 368 g/mol. The summed E-state index contributed by atoms with van der Waals surface area (Å²) in [5.41, 5.74) is 0.414. The second kappa shape index (κ2) is 6.26. The lowest BCUT2D eigenvalue weighted by atomic mass is 10.1. The molecule has 0 aliphatic carbocycles. The molecular formula is C15H20N2O6S2. The molecule has 25 heavy (non-hydrogen) atoms. The predicted molar refractivity (Wildman–Crippen MR) is 91.8 cm³/mol. The number of carbonyl (C=O) groups excluding carboxylic acids is 1. The Balaban J connectivity index is 1.91. The molecule has 0 bridgehead atoms. The van der Waals surface area contributed by atoms with Crippen LogP contribution in [0.5, 0.6) is 5.75 Å². The number of piperazine rings is 1. The third-order valence-corrected chi connectivity index (χ3v) is 7.65. The molecule has 2 saturated heterocycles. The van der Waals surface area contributed by atoms with Crippen LogP contribution in [-0.4, -0.2) is 82.0 Å². The highest BCUT2D eigenvalue weighted by molar-refractivity contribution is 7.92. The molecule has 1 amide bonds. The zero-order valence-electron chi connectivity index (χ0n) is 14.0. The van der Waals surface area contributed by atoms with Crippen molar-refractivity contribution in [2.24, 2.45) is 0 Å². The van der Waals surface area contributed by atoms with Crippen LogP contribution in [0.3, 0.4) is 0 Å². The lowest BCUT2D eigenvalue weighted by Gasteiger charge is -2.42. The lowest BCUT2D eigenvalue weighted by Crippen LogP contribution is -2.61. The molecule has 2 aliphatic rings. The Labute approximate surface area is 147 Å². The van der Waals surface area contributed by atoms with Crippen molar-refractivity contribution < 1.29 is 26.4 Å². The molecule has 2 heterocycles. The van der Waals surface area contributed by atoms with Crippen LogP contribution in [0, 0.1) is 0 Å². The minimum atomic E-state index is -3.54. The van der Waals surface area contributed by atoms with Gasteiger partial charge in [-0.2, -0.15) is 4.31 Å². The molecule has 2 atom stereocenters. The van der Waals surface area contributed by atoms with Crippen LogP contribution in [0.25, 0.3) is 0 Å². The van der Waals surface area contributed by atoms with E-state index in [0.717, 1.165) is 6.26 Å². The van der Waals surface area contributed by atoms with Gasteiger partial charge in [0.2, 0.25) is 10.0 Å². The van der Waals surface area contributed by atoms with Gasteiger partial charge in [0.25, 0.3) is 5.91 Å². The molecule has 0 N–H and O–H groups in total. The van der Waals surface area contributed by atoms with E-state index in [2.05, 4.69) is 0 Å².